The summed E-state index contributed by atoms with van der Waals surface area (Å²) in [5, 5.41) is 12.2. The molecule has 21 heavy (non-hydrogen) atoms. The number of hydrogen-bond donors (Lipinski definition) is 0. The van der Waals surface area contributed by atoms with Gasteiger partial charge in [-0.3, -0.25) is 9.97 Å². The van der Waals surface area contributed by atoms with Gasteiger partial charge >= 0.3 is 0 Å². The molecule has 0 saturated heterocycles. The molecular formula is C15H10N4S2. The van der Waals surface area contributed by atoms with Gasteiger partial charge in [0, 0.05) is 22.8 Å². The molecule has 0 bridgehead atoms. The topological polar surface area (TPSA) is 62.5 Å². The van der Waals surface area contributed by atoms with Crippen LogP contribution < -0.4 is 0 Å². The summed E-state index contributed by atoms with van der Waals surface area (Å²) in [5.41, 5.74) is 2.94. The maximum absolute atomic E-state index is 9.46. The molecule has 0 amide bonds. The molecule has 3 aromatic rings. The third-order valence-corrected chi connectivity index (χ3v) is 4.49. The average Bonchev–Trinajstić information content (AvgIpc) is 3.08. The van der Waals surface area contributed by atoms with E-state index in [1.54, 1.807) is 29.9 Å². The highest BCUT2D eigenvalue weighted by atomic mass is 32.2. The Labute approximate surface area is 130 Å². The van der Waals surface area contributed by atoms with Crippen molar-refractivity contribution >= 4 is 23.1 Å². The Hall–Kier alpha value is -2.23. The number of hydrogen-bond acceptors (Lipinski definition) is 6. The molecule has 6 heteroatoms. The zero-order chi connectivity index (χ0) is 14.7. The molecule has 0 aliphatic rings. The second kappa shape index (κ2) is 6.04. The molecule has 0 unspecified atom stereocenters. The van der Waals surface area contributed by atoms with E-state index in [1.807, 2.05) is 29.8 Å². The van der Waals surface area contributed by atoms with Crippen LogP contribution in [0, 0.1) is 11.3 Å². The molecule has 3 heterocycles. The van der Waals surface area contributed by atoms with Gasteiger partial charge in [-0.2, -0.15) is 5.26 Å². The van der Waals surface area contributed by atoms with Crippen LogP contribution in [0.15, 0.2) is 47.2 Å². The number of nitrogens with zero attached hydrogens (tertiary/aromatic N) is 4. The van der Waals surface area contributed by atoms with Crippen molar-refractivity contribution in [1.29, 1.82) is 5.26 Å². The van der Waals surface area contributed by atoms with E-state index >= 15 is 0 Å². The molecule has 0 aliphatic heterocycles. The van der Waals surface area contributed by atoms with Crippen LogP contribution in [0.2, 0.25) is 0 Å². The van der Waals surface area contributed by atoms with E-state index in [2.05, 4.69) is 21.0 Å². The molecule has 0 aromatic carbocycles. The Bertz CT molecular complexity index is 793. The Kier molecular flexibility index (Phi) is 3.95. The van der Waals surface area contributed by atoms with Gasteiger partial charge in [0.1, 0.15) is 16.8 Å². The quantitative estimate of drug-likeness (QED) is 0.687. The minimum atomic E-state index is 0.609. The van der Waals surface area contributed by atoms with Gasteiger partial charge in [-0.1, -0.05) is 6.07 Å². The van der Waals surface area contributed by atoms with Crippen LogP contribution in [0.1, 0.15) is 5.56 Å². The SMILES string of the molecule is CSc1nc(-c2cnccn2)cc(-c2cccs2)c1C#N. The maximum atomic E-state index is 9.46. The van der Waals surface area contributed by atoms with Gasteiger partial charge in [-0.05, 0) is 23.8 Å². The first kappa shape index (κ1) is 13.7. The van der Waals surface area contributed by atoms with E-state index < -0.39 is 0 Å². The van der Waals surface area contributed by atoms with E-state index in [-0.39, 0.29) is 0 Å². The fourth-order valence-corrected chi connectivity index (χ4v) is 3.26. The first-order valence-electron chi connectivity index (χ1n) is 6.13. The van der Waals surface area contributed by atoms with Crippen LogP contribution in [0.5, 0.6) is 0 Å². The van der Waals surface area contributed by atoms with Crippen LogP contribution in [0.4, 0.5) is 0 Å². The second-order valence-electron chi connectivity index (χ2n) is 4.12. The summed E-state index contributed by atoms with van der Waals surface area (Å²) in [6, 6.07) is 8.16. The van der Waals surface area contributed by atoms with Gasteiger partial charge in [0.05, 0.1) is 17.5 Å². The molecule has 3 rings (SSSR count). The van der Waals surface area contributed by atoms with Gasteiger partial charge in [-0.15, -0.1) is 23.1 Å². The lowest BCUT2D eigenvalue weighted by molar-refractivity contribution is 1.09. The van der Waals surface area contributed by atoms with Crippen molar-refractivity contribution in [1.82, 2.24) is 15.0 Å². The smallest absolute Gasteiger partial charge is 0.115 e. The summed E-state index contributed by atoms with van der Waals surface area (Å²) in [4.78, 5) is 14.0. The first-order valence-corrected chi connectivity index (χ1v) is 8.23. The lowest BCUT2D eigenvalue weighted by Crippen LogP contribution is -1.95. The number of nitriles is 1. The molecular weight excluding hydrogens is 300 g/mol. The van der Waals surface area contributed by atoms with Gasteiger partial charge < -0.3 is 0 Å². The van der Waals surface area contributed by atoms with Crippen molar-refractivity contribution in [2.45, 2.75) is 5.03 Å². The minimum absolute atomic E-state index is 0.609. The molecule has 0 fully saturated rings. The highest BCUT2D eigenvalue weighted by Crippen LogP contribution is 2.34. The normalized spacial score (nSPS) is 10.3. The lowest BCUT2D eigenvalue weighted by Gasteiger charge is -2.09. The van der Waals surface area contributed by atoms with E-state index in [4.69, 9.17) is 0 Å². The molecule has 0 N–H and O–H groups in total. The van der Waals surface area contributed by atoms with Gasteiger partial charge in [0.25, 0.3) is 0 Å². The Balaban J connectivity index is 2.26. The van der Waals surface area contributed by atoms with E-state index in [9.17, 15) is 5.26 Å². The highest BCUT2D eigenvalue weighted by Gasteiger charge is 2.15. The zero-order valence-electron chi connectivity index (χ0n) is 11.1. The Morgan fingerprint density at radius 1 is 1.29 bits per heavy atom. The number of rotatable bonds is 3. The number of thiophene rings is 1. The minimum Gasteiger partial charge on any atom is -0.261 e. The number of pyridine rings is 1. The molecule has 102 valence electrons. The standard InChI is InChI=1S/C15H10N4S2/c1-20-15-11(8-16)10(14-3-2-6-21-14)7-12(19-15)13-9-17-4-5-18-13/h2-7,9H,1H3. The third kappa shape index (κ3) is 2.66. The molecule has 0 saturated carbocycles. The van der Waals surface area contributed by atoms with Crippen LogP contribution >= 0.6 is 23.1 Å². The lowest BCUT2D eigenvalue weighted by atomic mass is 10.1. The van der Waals surface area contributed by atoms with Gasteiger partial charge in [-0.25, -0.2) is 4.98 Å². The summed E-state index contributed by atoms with van der Waals surface area (Å²) < 4.78 is 0. The molecule has 0 radical (unpaired) electrons. The predicted octanol–water partition coefficient (Wildman–Crippen LogP) is 3.86. The number of thioether (sulfide) groups is 1. The molecule has 0 aliphatic carbocycles. The van der Waals surface area contributed by atoms with Crippen molar-refractivity contribution in [3.05, 3.63) is 47.7 Å². The highest BCUT2D eigenvalue weighted by molar-refractivity contribution is 7.98. The van der Waals surface area contributed by atoms with E-state index in [1.165, 1.54) is 11.8 Å². The second-order valence-corrected chi connectivity index (χ2v) is 5.86. The summed E-state index contributed by atoms with van der Waals surface area (Å²) in [7, 11) is 0. The van der Waals surface area contributed by atoms with E-state index in [0.717, 1.165) is 16.1 Å². The summed E-state index contributed by atoms with van der Waals surface area (Å²) in [5.74, 6) is 0. The van der Waals surface area contributed by atoms with Crippen LogP contribution in [-0.4, -0.2) is 21.2 Å². The van der Waals surface area contributed by atoms with Crippen LogP contribution in [0.25, 0.3) is 21.8 Å². The zero-order valence-corrected chi connectivity index (χ0v) is 12.8. The molecule has 0 atom stereocenters. The monoisotopic (exact) mass is 310 g/mol. The first-order chi connectivity index (χ1) is 10.3. The van der Waals surface area contributed by atoms with Crippen molar-refractivity contribution in [3.8, 4) is 27.9 Å². The average molecular weight is 310 g/mol. The number of aromatic nitrogens is 3. The van der Waals surface area contributed by atoms with Crippen molar-refractivity contribution in [2.75, 3.05) is 6.26 Å². The van der Waals surface area contributed by atoms with E-state index in [0.29, 0.717) is 16.3 Å². The molecule has 0 spiro atoms. The van der Waals surface area contributed by atoms with Crippen molar-refractivity contribution in [2.24, 2.45) is 0 Å². The third-order valence-electron chi connectivity index (χ3n) is 2.90. The van der Waals surface area contributed by atoms with Crippen LogP contribution in [-0.2, 0) is 0 Å². The molecule has 4 nitrogen and oxygen atoms in total. The fourth-order valence-electron chi connectivity index (χ4n) is 1.97. The largest absolute Gasteiger partial charge is 0.261 e. The van der Waals surface area contributed by atoms with Gasteiger partial charge in [0.15, 0.2) is 0 Å². The van der Waals surface area contributed by atoms with Crippen molar-refractivity contribution in [3.63, 3.8) is 0 Å². The summed E-state index contributed by atoms with van der Waals surface area (Å²) in [6.45, 7) is 0. The summed E-state index contributed by atoms with van der Waals surface area (Å²) >= 11 is 3.07. The Morgan fingerprint density at radius 3 is 2.81 bits per heavy atom. The predicted molar refractivity (Wildman–Crippen MR) is 85.1 cm³/mol. The van der Waals surface area contributed by atoms with Crippen LogP contribution in [0.3, 0.4) is 0 Å². The molecule has 3 aromatic heterocycles. The summed E-state index contributed by atoms with van der Waals surface area (Å²) in [6.07, 6.45) is 6.86. The van der Waals surface area contributed by atoms with Crippen molar-refractivity contribution < 1.29 is 0 Å². The Morgan fingerprint density at radius 2 is 2.19 bits per heavy atom. The van der Waals surface area contributed by atoms with Gasteiger partial charge in [0.2, 0.25) is 0 Å². The fraction of sp³-hybridized carbons (Fsp3) is 0.0667. The maximum Gasteiger partial charge on any atom is 0.115 e.